The summed E-state index contributed by atoms with van der Waals surface area (Å²) in [5.41, 5.74) is 1.81. The van der Waals surface area contributed by atoms with Gasteiger partial charge in [0, 0.05) is 30.5 Å². The van der Waals surface area contributed by atoms with Crippen LogP contribution in [0.4, 0.5) is 16.7 Å². The van der Waals surface area contributed by atoms with Gasteiger partial charge in [0.25, 0.3) is 0 Å². The Balaban J connectivity index is 1.36. The van der Waals surface area contributed by atoms with E-state index in [1.54, 1.807) is 16.1 Å². The van der Waals surface area contributed by atoms with Crippen molar-refractivity contribution in [2.24, 2.45) is 5.92 Å². The zero-order chi connectivity index (χ0) is 22.4. The molecule has 1 aliphatic carbocycles. The van der Waals surface area contributed by atoms with Crippen molar-refractivity contribution in [1.29, 1.82) is 0 Å². The number of amides is 2. The maximum atomic E-state index is 12.8. The van der Waals surface area contributed by atoms with Crippen LogP contribution in [0.3, 0.4) is 0 Å². The number of hydrogen-bond donors (Lipinski definition) is 1. The van der Waals surface area contributed by atoms with Gasteiger partial charge in [0.05, 0.1) is 24.1 Å². The number of nitrogens with one attached hydrogen (secondary N) is 1. The fourth-order valence-electron chi connectivity index (χ4n) is 4.06. The van der Waals surface area contributed by atoms with Crippen LogP contribution in [0.1, 0.15) is 37.3 Å². The highest BCUT2D eigenvalue weighted by Crippen LogP contribution is 2.39. The molecule has 3 aromatic rings. The lowest BCUT2D eigenvalue weighted by atomic mass is 10.2. The molecule has 1 saturated carbocycles. The summed E-state index contributed by atoms with van der Waals surface area (Å²) in [4.78, 5) is 34.3. The number of rotatable bonds is 6. The predicted molar refractivity (Wildman–Crippen MR) is 122 cm³/mol. The van der Waals surface area contributed by atoms with E-state index in [1.165, 1.54) is 0 Å². The van der Waals surface area contributed by atoms with Crippen LogP contribution in [0.25, 0.3) is 5.69 Å². The molecule has 0 unspecified atom stereocenters. The fourth-order valence-corrected chi connectivity index (χ4v) is 4.19. The number of hydrogen-bond acceptors (Lipinski definition) is 6. The summed E-state index contributed by atoms with van der Waals surface area (Å²) >= 11 is 5.98. The van der Waals surface area contributed by atoms with Crippen LogP contribution in [0.5, 0.6) is 0 Å². The number of aromatic nitrogens is 5. The smallest absolute Gasteiger partial charge is 0.327 e. The molecular formula is C22H25ClN8O. The van der Waals surface area contributed by atoms with E-state index in [2.05, 4.69) is 25.3 Å². The molecule has 0 bridgehead atoms. The molecule has 9 nitrogen and oxygen atoms in total. The summed E-state index contributed by atoms with van der Waals surface area (Å²) in [5.74, 6) is 1.92. The summed E-state index contributed by atoms with van der Waals surface area (Å²) in [5, 5.41) is 4.00. The van der Waals surface area contributed by atoms with Gasteiger partial charge in [0.2, 0.25) is 11.9 Å². The van der Waals surface area contributed by atoms with Crippen LogP contribution in [0, 0.1) is 12.8 Å². The van der Waals surface area contributed by atoms with Gasteiger partial charge in [-0.3, -0.25) is 4.90 Å². The fraction of sp³-hybridized carbons (Fsp3) is 0.409. The first kappa shape index (κ1) is 20.7. The molecule has 0 radical (unpaired) electrons. The molecule has 2 aromatic heterocycles. The van der Waals surface area contributed by atoms with Crippen LogP contribution in [-0.4, -0.2) is 55.1 Å². The maximum absolute atomic E-state index is 12.8. The lowest BCUT2D eigenvalue weighted by Crippen LogP contribution is -2.37. The number of aryl methyl sites for hydroxylation is 1. The Morgan fingerprint density at radius 1 is 1.16 bits per heavy atom. The van der Waals surface area contributed by atoms with E-state index in [1.807, 2.05) is 55.9 Å². The zero-order valence-electron chi connectivity index (χ0n) is 18.2. The summed E-state index contributed by atoms with van der Waals surface area (Å²) in [6.45, 7) is 4.51. The minimum Gasteiger partial charge on any atom is -0.346 e. The maximum Gasteiger partial charge on any atom is 0.327 e. The van der Waals surface area contributed by atoms with Crippen molar-refractivity contribution >= 4 is 29.5 Å². The average Bonchev–Trinajstić information content (AvgIpc) is 3.40. The number of halogens is 1. The Labute approximate surface area is 191 Å². The Hall–Kier alpha value is -3.20. The van der Waals surface area contributed by atoms with Gasteiger partial charge in [-0.15, -0.1) is 0 Å². The number of benzene rings is 1. The van der Waals surface area contributed by atoms with E-state index in [9.17, 15) is 4.79 Å². The summed E-state index contributed by atoms with van der Waals surface area (Å²) in [6.07, 6.45) is 6.01. The first-order valence-corrected chi connectivity index (χ1v) is 11.1. The minimum atomic E-state index is -0.144. The molecule has 0 spiro atoms. The van der Waals surface area contributed by atoms with Crippen molar-refractivity contribution in [2.45, 2.75) is 38.8 Å². The number of likely N-dealkylation sites (N-methyl/N-ethyl adjacent to an activating group) is 1. The highest BCUT2D eigenvalue weighted by Gasteiger charge is 2.46. The van der Waals surface area contributed by atoms with E-state index in [4.69, 9.17) is 11.6 Å². The quantitative estimate of drug-likeness (QED) is 0.610. The van der Waals surface area contributed by atoms with Gasteiger partial charge >= 0.3 is 6.03 Å². The highest BCUT2D eigenvalue weighted by atomic mass is 35.5. The Bertz CT molecular complexity index is 1140. The average molecular weight is 453 g/mol. The molecule has 2 fully saturated rings. The normalized spacial score (nSPS) is 19.5. The Kier molecular flexibility index (Phi) is 5.21. The second kappa shape index (κ2) is 8.05. The number of urea groups is 1. The SMILES string of the molecule is Cc1nc(N[C@@H](C)c2cn(-c3ccc(Cl)cc3)cn2)nc(N2C(=O)N(C)C[C@@H]2C2CC2)n1. The van der Waals surface area contributed by atoms with Crippen molar-refractivity contribution < 1.29 is 4.79 Å². The molecule has 3 heterocycles. The van der Waals surface area contributed by atoms with E-state index >= 15 is 0 Å². The lowest BCUT2D eigenvalue weighted by Gasteiger charge is -2.22. The first-order valence-electron chi connectivity index (χ1n) is 10.7. The first-order chi connectivity index (χ1) is 15.4. The molecule has 166 valence electrons. The van der Waals surface area contributed by atoms with Crippen LogP contribution < -0.4 is 10.2 Å². The number of imidazole rings is 1. The van der Waals surface area contributed by atoms with Gasteiger partial charge in [-0.25, -0.2) is 9.78 Å². The minimum absolute atomic E-state index is 0.0618. The molecule has 1 saturated heterocycles. The van der Waals surface area contributed by atoms with Gasteiger partial charge in [0.15, 0.2) is 0 Å². The van der Waals surface area contributed by atoms with Crippen molar-refractivity contribution in [2.75, 3.05) is 23.8 Å². The number of carbonyl (C=O) groups excluding carboxylic acids is 1. The van der Waals surface area contributed by atoms with Gasteiger partial charge < -0.3 is 14.8 Å². The summed E-state index contributed by atoms with van der Waals surface area (Å²) in [6, 6.07) is 7.48. The number of nitrogens with zero attached hydrogens (tertiary/aromatic N) is 7. The molecule has 1 aliphatic heterocycles. The number of carbonyl (C=O) groups is 1. The van der Waals surface area contributed by atoms with E-state index in [0.717, 1.165) is 24.2 Å². The zero-order valence-corrected chi connectivity index (χ0v) is 19.0. The number of anilines is 2. The topological polar surface area (TPSA) is 92.1 Å². The standard InChI is InChI=1S/C22H25ClN8O/c1-13(18-10-30(12-24-18)17-8-6-16(23)7-9-17)25-20-26-14(2)27-21(28-20)31-19(15-4-5-15)11-29(3)22(31)32/h6-10,12-13,15,19H,4-5,11H2,1-3H3,(H,25,26,27,28)/t13-,19+/m0/s1. The summed E-state index contributed by atoms with van der Waals surface area (Å²) < 4.78 is 1.94. The van der Waals surface area contributed by atoms with Crippen LogP contribution in [-0.2, 0) is 0 Å². The molecule has 2 amide bonds. The van der Waals surface area contributed by atoms with Crippen molar-refractivity contribution in [3.8, 4) is 5.69 Å². The van der Waals surface area contributed by atoms with Crippen LogP contribution in [0.2, 0.25) is 5.02 Å². The molecule has 5 rings (SSSR count). The van der Waals surface area contributed by atoms with Gasteiger partial charge in [-0.1, -0.05) is 11.6 Å². The second-order valence-electron chi connectivity index (χ2n) is 8.49. The van der Waals surface area contributed by atoms with Crippen LogP contribution >= 0.6 is 11.6 Å². The third kappa shape index (κ3) is 4.00. The van der Waals surface area contributed by atoms with Crippen LogP contribution in [0.15, 0.2) is 36.8 Å². The monoisotopic (exact) mass is 452 g/mol. The lowest BCUT2D eigenvalue weighted by molar-refractivity contribution is 0.229. The van der Waals surface area contributed by atoms with Gasteiger partial charge in [0.1, 0.15) is 5.82 Å². The largest absolute Gasteiger partial charge is 0.346 e. The molecular weight excluding hydrogens is 428 g/mol. The second-order valence-corrected chi connectivity index (χ2v) is 8.93. The molecule has 10 heteroatoms. The van der Waals surface area contributed by atoms with Crippen molar-refractivity contribution in [3.05, 3.63) is 53.3 Å². The van der Waals surface area contributed by atoms with E-state index < -0.39 is 0 Å². The predicted octanol–water partition coefficient (Wildman–Crippen LogP) is 3.84. The molecule has 1 aromatic carbocycles. The van der Waals surface area contributed by atoms with E-state index in [-0.39, 0.29) is 18.1 Å². The van der Waals surface area contributed by atoms with Gasteiger partial charge in [-0.2, -0.15) is 15.0 Å². The molecule has 2 aliphatic rings. The Morgan fingerprint density at radius 3 is 2.62 bits per heavy atom. The highest BCUT2D eigenvalue weighted by molar-refractivity contribution is 6.30. The third-order valence-corrected chi connectivity index (χ3v) is 6.21. The molecule has 32 heavy (non-hydrogen) atoms. The summed E-state index contributed by atoms with van der Waals surface area (Å²) in [7, 11) is 1.82. The van der Waals surface area contributed by atoms with Crippen molar-refractivity contribution in [3.63, 3.8) is 0 Å². The molecule has 1 N–H and O–H groups in total. The Morgan fingerprint density at radius 2 is 1.91 bits per heavy atom. The third-order valence-electron chi connectivity index (χ3n) is 5.96. The molecule has 2 atom stereocenters. The van der Waals surface area contributed by atoms with E-state index in [0.29, 0.717) is 35.2 Å². The van der Waals surface area contributed by atoms with Gasteiger partial charge in [-0.05, 0) is 56.9 Å². The van der Waals surface area contributed by atoms with Crippen molar-refractivity contribution in [1.82, 2.24) is 29.4 Å².